The average molecular weight is 248 g/mol. The van der Waals surface area contributed by atoms with Gasteiger partial charge in [0, 0.05) is 19.0 Å². The Morgan fingerprint density at radius 3 is 2.83 bits per heavy atom. The van der Waals surface area contributed by atoms with Crippen LogP contribution in [0.4, 0.5) is 5.82 Å². The van der Waals surface area contributed by atoms with E-state index in [0.29, 0.717) is 30.5 Å². The number of nitrogen functional groups attached to an aromatic ring is 1. The van der Waals surface area contributed by atoms with E-state index >= 15 is 0 Å². The summed E-state index contributed by atoms with van der Waals surface area (Å²) in [6.45, 7) is 1.34. The number of hydrogen-bond acceptors (Lipinski definition) is 5. The Balaban J connectivity index is 1.73. The Hall–Kier alpha value is -1.69. The van der Waals surface area contributed by atoms with Gasteiger partial charge in [0.2, 0.25) is 0 Å². The summed E-state index contributed by atoms with van der Waals surface area (Å²) in [6.07, 6.45) is 4.40. The lowest BCUT2D eigenvalue weighted by molar-refractivity contribution is 0.0746. The second-order valence-electron chi connectivity index (χ2n) is 5.11. The zero-order valence-corrected chi connectivity index (χ0v) is 9.99. The molecule has 1 amide bonds. The summed E-state index contributed by atoms with van der Waals surface area (Å²) in [7, 11) is 0. The molecule has 0 spiro atoms. The van der Waals surface area contributed by atoms with E-state index in [0.717, 1.165) is 12.8 Å². The maximum absolute atomic E-state index is 12.2. The van der Waals surface area contributed by atoms with Crippen LogP contribution in [0.5, 0.6) is 0 Å². The van der Waals surface area contributed by atoms with E-state index in [1.54, 1.807) is 4.90 Å². The zero-order chi connectivity index (χ0) is 12.7. The third kappa shape index (κ3) is 1.82. The van der Waals surface area contributed by atoms with Crippen LogP contribution in [0.25, 0.3) is 0 Å². The molecule has 2 heterocycles. The van der Waals surface area contributed by atoms with E-state index in [1.807, 2.05) is 0 Å². The molecule has 6 nitrogen and oxygen atoms in total. The van der Waals surface area contributed by atoms with Crippen molar-refractivity contribution >= 4 is 11.7 Å². The maximum atomic E-state index is 12.2. The van der Waals surface area contributed by atoms with Crippen LogP contribution in [0.1, 0.15) is 23.3 Å². The molecule has 2 aliphatic rings. The monoisotopic (exact) mass is 248 g/mol. The largest absolute Gasteiger partial charge is 0.393 e. The number of aliphatic hydroxyl groups is 1. The first-order valence-electron chi connectivity index (χ1n) is 6.20. The molecule has 6 heteroatoms. The second-order valence-corrected chi connectivity index (χ2v) is 5.11. The average Bonchev–Trinajstić information content (AvgIpc) is 2.92. The molecular weight excluding hydrogens is 232 g/mol. The molecule has 3 rings (SSSR count). The first-order valence-corrected chi connectivity index (χ1v) is 6.20. The summed E-state index contributed by atoms with van der Waals surface area (Å²) in [5.74, 6) is 0.853. The number of hydrogen-bond donors (Lipinski definition) is 2. The number of likely N-dealkylation sites (tertiary alicyclic amines) is 1. The number of aromatic nitrogens is 2. The van der Waals surface area contributed by atoms with Gasteiger partial charge in [0.1, 0.15) is 11.5 Å². The standard InChI is InChI=1S/C12H16N4O2/c13-11-4-14-9(3-15-11)12(18)16-5-7-1-2-10(17)8(7)6-16/h3-4,7-8,10,17H,1-2,5-6H2,(H2,13,15). The molecule has 18 heavy (non-hydrogen) atoms. The Morgan fingerprint density at radius 2 is 2.17 bits per heavy atom. The van der Waals surface area contributed by atoms with E-state index in [4.69, 9.17) is 5.73 Å². The minimum absolute atomic E-state index is 0.121. The van der Waals surface area contributed by atoms with Crippen LogP contribution in [0.15, 0.2) is 12.4 Å². The lowest BCUT2D eigenvalue weighted by atomic mass is 10.00. The van der Waals surface area contributed by atoms with Gasteiger partial charge in [-0.1, -0.05) is 0 Å². The third-order valence-electron chi connectivity index (χ3n) is 4.00. The van der Waals surface area contributed by atoms with Crippen molar-refractivity contribution in [2.24, 2.45) is 11.8 Å². The fraction of sp³-hybridized carbons (Fsp3) is 0.583. The highest BCUT2D eigenvalue weighted by molar-refractivity contribution is 5.92. The molecule has 3 unspecified atom stereocenters. The van der Waals surface area contributed by atoms with Crippen LogP contribution in [0, 0.1) is 11.8 Å². The molecule has 1 saturated heterocycles. The molecule has 1 aromatic rings. The van der Waals surface area contributed by atoms with Gasteiger partial charge in [-0.2, -0.15) is 0 Å². The number of fused-ring (bicyclic) bond motifs is 1. The molecule has 0 bridgehead atoms. The van der Waals surface area contributed by atoms with Gasteiger partial charge in [0.05, 0.1) is 18.5 Å². The highest BCUT2D eigenvalue weighted by atomic mass is 16.3. The zero-order valence-electron chi connectivity index (χ0n) is 9.99. The number of anilines is 1. The Labute approximate surface area is 105 Å². The van der Waals surface area contributed by atoms with Crippen LogP contribution in [-0.4, -0.2) is 45.1 Å². The molecule has 0 radical (unpaired) electrons. The number of rotatable bonds is 1. The van der Waals surface area contributed by atoms with Gasteiger partial charge in [-0.3, -0.25) is 4.79 Å². The summed E-state index contributed by atoms with van der Waals surface area (Å²) >= 11 is 0. The first kappa shape index (κ1) is 11.4. The van der Waals surface area contributed by atoms with E-state index < -0.39 is 0 Å². The van der Waals surface area contributed by atoms with E-state index in [1.165, 1.54) is 12.4 Å². The topological polar surface area (TPSA) is 92.3 Å². The SMILES string of the molecule is Nc1cnc(C(=O)N2CC3CCC(O)C3C2)cn1. The molecular formula is C12H16N4O2. The lowest BCUT2D eigenvalue weighted by Gasteiger charge is -2.17. The van der Waals surface area contributed by atoms with Gasteiger partial charge in [-0.25, -0.2) is 9.97 Å². The van der Waals surface area contributed by atoms with Crippen molar-refractivity contribution in [1.29, 1.82) is 0 Å². The van der Waals surface area contributed by atoms with Gasteiger partial charge in [0.15, 0.2) is 0 Å². The van der Waals surface area contributed by atoms with Gasteiger partial charge in [-0.05, 0) is 18.8 Å². The minimum Gasteiger partial charge on any atom is -0.393 e. The van der Waals surface area contributed by atoms with Crippen LogP contribution in [-0.2, 0) is 0 Å². The van der Waals surface area contributed by atoms with Crippen molar-refractivity contribution in [3.8, 4) is 0 Å². The number of aliphatic hydroxyl groups excluding tert-OH is 1. The molecule has 1 aromatic heterocycles. The molecule has 96 valence electrons. The minimum atomic E-state index is -0.259. The van der Waals surface area contributed by atoms with Crippen molar-refractivity contribution in [3.05, 3.63) is 18.1 Å². The number of carbonyl (C=O) groups excluding carboxylic acids is 1. The summed E-state index contributed by atoms with van der Waals surface area (Å²) < 4.78 is 0. The van der Waals surface area contributed by atoms with Crippen LogP contribution in [0.3, 0.4) is 0 Å². The number of amides is 1. The van der Waals surface area contributed by atoms with E-state index in [9.17, 15) is 9.90 Å². The first-order chi connectivity index (χ1) is 8.65. The second kappa shape index (κ2) is 4.20. The quantitative estimate of drug-likeness (QED) is 0.724. The fourth-order valence-electron chi connectivity index (χ4n) is 3.01. The highest BCUT2D eigenvalue weighted by Gasteiger charge is 2.43. The molecule has 1 aliphatic heterocycles. The summed E-state index contributed by atoms with van der Waals surface area (Å²) in [5, 5.41) is 9.82. The van der Waals surface area contributed by atoms with Crippen LogP contribution < -0.4 is 5.73 Å². The number of nitrogens with two attached hydrogens (primary N) is 1. The predicted molar refractivity (Wildman–Crippen MR) is 64.6 cm³/mol. The van der Waals surface area contributed by atoms with Crippen molar-refractivity contribution in [2.45, 2.75) is 18.9 Å². The molecule has 3 N–H and O–H groups in total. The molecule has 3 atom stereocenters. The normalized spacial score (nSPS) is 30.5. The molecule has 0 aromatic carbocycles. The maximum Gasteiger partial charge on any atom is 0.274 e. The van der Waals surface area contributed by atoms with Crippen LogP contribution >= 0.6 is 0 Å². The highest BCUT2D eigenvalue weighted by Crippen LogP contribution is 2.38. The fourth-order valence-corrected chi connectivity index (χ4v) is 3.01. The summed E-state index contributed by atoms with van der Waals surface area (Å²) in [5.41, 5.74) is 5.76. The molecule has 1 aliphatic carbocycles. The summed E-state index contributed by atoms with van der Waals surface area (Å²) in [6, 6.07) is 0. The van der Waals surface area contributed by atoms with Crippen molar-refractivity contribution in [1.82, 2.24) is 14.9 Å². The van der Waals surface area contributed by atoms with Gasteiger partial charge in [0.25, 0.3) is 5.91 Å². The van der Waals surface area contributed by atoms with Crippen molar-refractivity contribution in [2.75, 3.05) is 18.8 Å². The van der Waals surface area contributed by atoms with Gasteiger partial charge >= 0.3 is 0 Å². The Morgan fingerprint density at radius 1 is 1.33 bits per heavy atom. The lowest BCUT2D eigenvalue weighted by Crippen LogP contribution is -2.31. The number of nitrogens with zero attached hydrogens (tertiary/aromatic N) is 3. The van der Waals surface area contributed by atoms with E-state index in [-0.39, 0.29) is 17.9 Å². The Kier molecular flexibility index (Phi) is 2.66. The van der Waals surface area contributed by atoms with Gasteiger partial charge in [-0.15, -0.1) is 0 Å². The number of carbonyl (C=O) groups is 1. The van der Waals surface area contributed by atoms with Gasteiger partial charge < -0.3 is 15.7 Å². The molecule has 2 fully saturated rings. The molecule has 1 saturated carbocycles. The van der Waals surface area contributed by atoms with E-state index in [2.05, 4.69) is 9.97 Å². The third-order valence-corrected chi connectivity index (χ3v) is 4.00. The van der Waals surface area contributed by atoms with Crippen molar-refractivity contribution in [3.63, 3.8) is 0 Å². The predicted octanol–water partition coefficient (Wildman–Crippen LogP) is -0.0983. The smallest absolute Gasteiger partial charge is 0.274 e. The van der Waals surface area contributed by atoms with Crippen molar-refractivity contribution < 1.29 is 9.90 Å². The van der Waals surface area contributed by atoms with Crippen LogP contribution in [0.2, 0.25) is 0 Å². The Bertz CT molecular complexity index is 462. The summed E-state index contributed by atoms with van der Waals surface area (Å²) in [4.78, 5) is 21.8.